The van der Waals surface area contributed by atoms with Gasteiger partial charge in [0, 0.05) is 21.3 Å². The molecule has 6 heteroatoms. The molecule has 1 aliphatic rings. The van der Waals surface area contributed by atoms with E-state index in [9.17, 15) is 0 Å². The summed E-state index contributed by atoms with van der Waals surface area (Å²) >= 11 is 3.47. The number of nitrogens with zero attached hydrogens (tertiary/aromatic N) is 2. The molecule has 0 fully saturated rings. The molecule has 3 aromatic carbocycles. The van der Waals surface area contributed by atoms with Crippen molar-refractivity contribution in [2.45, 2.75) is 19.7 Å². The molecule has 0 amide bonds. The predicted octanol–water partition coefficient (Wildman–Crippen LogP) is 6.18. The number of aryl methyl sites for hydroxylation is 1. The standard InChI is InChI=1S/C25H22BrN3O2/c1-16-13-22-20-5-3-4-6-21(20)27-25(29(22)28-16)18-9-12-23(30-2)24(14-18)31-15-17-7-10-19(26)11-8-17/h3-14,25,27H,15H2,1-2H3/t25-/m0/s1. The molecule has 2 heterocycles. The van der Waals surface area contributed by atoms with E-state index in [0.29, 0.717) is 18.1 Å². The van der Waals surface area contributed by atoms with E-state index in [0.717, 1.165) is 38.2 Å². The zero-order valence-electron chi connectivity index (χ0n) is 17.3. The summed E-state index contributed by atoms with van der Waals surface area (Å²) in [7, 11) is 1.66. The van der Waals surface area contributed by atoms with E-state index in [4.69, 9.17) is 14.6 Å². The Balaban J connectivity index is 1.49. The van der Waals surface area contributed by atoms with Crippen molar-refractivity contribution in [1.82, 2.24) is 9.78 Å². The van der Waals surface area contributed by atoms with Crippen molar-refractivity contribution in [3.05, 3.63) is 94.1 Å². The van der Waals surface area contributed by atoms with Crippen LogP contribution in [-0.2, 0) is 6.61 Å². The Labute approximate surface area is 189 Å². The van der Waals surface area contributed by atoms with Gasteiger partial charge in [-0.3, -0.25) is 0 Å². The van der Waals surface area contributed by atoms with E-state index >= 15 is 0 Å². The highest BCUT2D eigenvalue weighted by Gasteiger charge is 2.27. The topological polar surface area (TPSA) is 48.3 Å². The Morgan fingerprint density at radius 3 is 2.61 bits per heavy atom. The summed E-state index contributed by atoms with van der Waals surface area (Å²) in [5.74, 6) is 1.41. The number of nitrogens with one attached hydrogen (secondary N) is 1. The minimum atomic E-state index is -0.139. The molecule has 5 nitrogen and oxygen atoms in total. The Morgan fingerprint density at radius 2 is 1.81 bits per heavy atom. The largest absolute Gasteiger partial charge is 0.493 e. The maximum Gasteiger partial charge on any atom is 0.162 e. The lowest BCUT2D eigenvalue weighted by atomic mass is 10.0. The molecule has 0 radical (unpaired) electrons. The van der Waals surface area contributed by atoms with Crippen LogP contribution in [0.15, 0.2) is 77.3 Å². The molecule has 1 atom stereocenters. The first-order chi connectivity index (χ1) is 15.1. The first-order valence-corrected chi connectivity index (χ1v) is 10.9. The smallest absolute Gasteiger partial charge is 0.162 e. The summed E-state index contributed by atoms with van der Waals surface area (Å²) in [6, 6.07) is 24.6. The number of benzene rings is 3. The number of ether oxygens (including phenoxy) is 2. The molecule has 4 aromatic rings. The van der Waals surface area contributed by atoms with Gasteiger partial charge in [-0.15, -0.1) is 0 Å². The fourth-order valence-corrected chi connectivity index (χ4v) is 4.16. The summed E-state index contributed by atoms with van der Waals surface area (Å²) in [6.07, 6.45) is -0.139. The van der Waals surface area contributed by atoms with Gasteiger partial charge >= 0.3 is 0 Å². The quantitative estimate of drug-likeness (QED) is 0.374. The molecule has 1 N–H and O–H groups in total. The average molecular weight is 476 g/mol. The summed E-state index contributed by atoms with van der Waals surface area (Å²) in [5, 5.41) is 8.39. The number of fused-ring (bicyclic) bond motifs is 3. The Bertz CT molecular complexity index is 1230. The van der Waals surface area contributed by atoms with Crippen LogP contribution in [0, 0.1) is 6.92 Å². The van der Waals surface area contributed by atoms with E-state index in [-0.39, 0.29) is 6.17 Å². The van der Waals surface area contributed by atoms with Gasteiger partial charge in [-0.05, 0) is 48.9 Å². The SMILES string of the molecule is COc1ccc([C@H]2Nc3ccccc3-c3cc(C)nn32)cc1OCc1ccc(Br)cc1. The van der Waals surface area contributed by atoms with Gasteiger partial charge in [0.15, 0.2) is 11.5 Å². The van der Waals surface area contributed by atoms with Gasteiger partial charge in [0.1, 0.15) is 12.8 Å². The minimum Gasteiger partial charge on any atom is -0.493 e. The molecule has 1 aromatic heterocycles. The average Bonchev–Trinajstić information content (AvgIpc) is 3.19. The molecule has 31 heavy (non-hydrogen) atoms. The van der Waals surface area contributed by atoms with Crippen molar-refractivity contribution in [2.24, 2.45) is 0 Å². The molecule has 0 bridgehead atoms. The fourth-order valence-electron chi connectivity index (χ4n) is 3.90. The number of methoxy groups -OCH3 is 1. The molecule has 0 unspecified atom stereocenters. The van der Waals surface area contributed by atoms with E-state index in [1.165, 1.54) is 0 Å². The first-order valence-electron chi connectivity index (χ1n) is 10.1. The van der Waals surface area contributed by atoms with Crippen molar-refractivity contribution in [1.29, 1.82) is 0 Å². The normalized spacial score (nSPS) is 14.4. The van der Waals surface area contributed by atoms with Crippen molar-refractivity contribution in [3.8, 4) is 22.8 Å². The van der Waals surface area contributed by atoms with Crippen LogP contribution in [0.25, 0.3) is 11.3 Å². The van der Waals surface area contributed by atoms with Crippen LogP contribution in [0.2, 0.25) is 0 Å². The maximum absolute atomic E-state index is 6.15. The Morgan fingerprint density at radius 1 is 1.00 bits per heavy atom. The lowest BCUT2D eigenvalue weighted by Crippen LogP contribution is -2.25. The van der Waals surface area contributed by atoms with Crippen LogP contribution in [0.4, 0.5) is 5.69 Å². The molecule has 0 aliphatic carbocycles. The summed E-state index contributed by atoms with van der Waals surface area (Å²) in [6.45, 7) is 2.48. The van der Waals surface area contributed by atoms with Crippen LogP contribution in [-0.4, -0.2) is 16.9 Å². The van der Waals surface area contributed by atoms with Crippen molar-refractivity contribution >= 4 is 21.6 Å². The van der Waals surface area contributed by atoms with E-state index in [1.807, 2.05) is 54.1 Å². The summed E-state index contributed by atoms with van der Waals surface area (Å²) in [5.41, 5.74) is 6.46. The monoisotopic (exact) mass is 475 g/mol. The highest BCUT2D eigenvalue weighted by Crippen LogP contribution is 2.40. The Hall–Kier alpha value is -3.25. The second-order valence-corrected chi connectivity index (χ2v) is 8.45. The summed E-state index contributed by atoms with van der Waals surface area (Å²) < 4.78 is 14.8. The molecule has 5 rings (SSSR count). The van der Waals surface area contributed by atoms with E-state index < -0.39 is 0 Å². The third kappa shape index (κ3) is 3.79. The van der Waals surface area contributed by atoms with Crippen LogP contribution >= 0.6 is 15.9 Å². The molecular formula is C25H22BrN3O2. The number of para-hydroxylation sites is 1. The van der Waals surface area contributed by atoms with Crippen LogP contribution in [0.5, 0.6) is 11.5 Å². The number of hydrogen-bond acceptors (Lipinski definition) is 4. The maximum atomic E-state index is 6.15. The fraction of sp³-hybridized carbons (Fsp3) is 0.160. The second kappa shape index (κ2) is 8.12. The minimum absolute atomic E-state index is 0.139. The number of anilines is 1. The first kappa shape index (κ1) is 19.7. The van der Waals surface area contributed by atoms with E-state index in [2.05, 4.69) is 51.6 Å². The van der Waals surface area contributed by atoms with Gasteiger partial charge < -0.3 is 14.8 Å². The molecule has 156 valence electrons. The van der Waals surface area contributed by atoms with Gasteiger partial charge in [0.25, 0.3) is 0 Å². The zero-order chi connectivity index (χ0) is 21.4. The highest BCUT2D eigenvalue weighted by atomic mass is 79.9. The van der Waals surface area contributed by atoms with Crippen LogP contribution in [0.1, 0.15) is 23.0 Å². The third-order valence-electron chi connectivity index (χ3n) is 5.41. The van der Waals surface area contributed by atoms with Crippen molar-refractivity contribution < 1.29 is 9.47 Å². The van der Waals surface area contributed by atoms with Gasteiger partial charge in [0.05, 0.1) is 18.5 Å². The number of rotatable bonds is 5. The molecular weight excluding hydrogens is 454 g/mol. The number of hydrogen-bond donors (Lipinski definition) is 1. The second-order valence-electron chi connectivity index (χ2n) is 7.53. The van der Waals surface area contributed by atoms with E-state index in [1.54, 1.807) is 7.11 Å². The molecule has 0 saturated heterocycles. The lowest BCUT2D eigenvalue weighted by Gasteiger charge is -2.29. The third-order valence-corrected chi connectivity index (χ3v) is 5.94. The van der Waals surface area contributed by atoms with Gasteiger partial charge in [-0.2, -0.15) is 5.10 Å². The van der Waals surface area contributed by atoms with Gasteiger partial charge in [0.2, 0.25) is 0 Å². The zero-order valence-corrected chi connectivity index (χ0v) is 18.9. The summed E-state index contributed by atoms with van der Waals surface area (Å²) in [4.78, 5) is 0. The van der Waals surface area contributed by atoms with Gasteiger partial charge in [-0.1, -0.05) is 52.3 Å². The highest BCUT2D eigenvalue weighted by molar-refractivity contribution is 9.10. The molecule has 1 aliphatic heterocycles. The lowest BCUT2D eigenvalue weighted by molar-refractivity contribution is 0.284. The van der Waals surface area contributed by atoms with Gasteiger partial charge in [-0.25, -0.2) is 4.68 Å². The van der Waals surface area contributed by atoms with Crippen LogP contribution < -0.4 is 14.8 Å². The molecule has 0 saturated carbocycles. The Kier molecular flexibility index (Phi) is 5.16. The number of halogens is 1. The van der Waals surface area contributed by atoms with Crippen LogP contribution in [0.3, 0.4) is 0 Å². The van der Waals surface area contributed by atoms with Crippen molar-refractivity contribution in [3.63, 3.8) is 0 Å². The molecule has 0 spiro atoms. The van der Waals surface area contributed by atoms with Crippen molar-refractivity contribution in [2.75, 3.05) is 12.4 Å². The predicted molar refractivity (Wildman–Crippen MR) is 126 cm³/mol. The number of aromatic nitrogens is 2.